The van der Waals surface area contributed by atoms with Gasteiger partial charge in [-0.15, -0.1) is 0 Å². The molecule has 0 fully saturated rings. The van der Waals surface area contributed by atoms with Crippen LogP contribution in [0.3, 0.4) is 0 Å². The number of nitrogen functional groups attached to an aromatic ring is 1. The predicted octanol–water partition coefficient (Wildman–Crippen LogP) is 0.608. The highest BCUT2D eigenvalue weighted by Gasteiger charge is 2.10. The molecule has 7 nitrogen and oxygen atoms in total. The van der Waals surface area contributed by atoms with E-state index in [0.29, 0.717) is 11.6 Å². The van der Waals surface area contributed by atoms with Gasteiger partial charge in [0.15, 0.2) is 5.82 Å². The molecule has 82 valence electrons. The highest BCUT2D eigenvalue weighted by Crippen LogP contribution is 2.08. The summed E-state index contributed by atoms with van der Waals surface area (Å²) in [6, 6.07) is 1.59. The van der Waals surface area contributed by atoms with Gasteiger partial charge >= 0.3 is 0 Å². The zero-order valence-corrected chi connectivity index (χ0v) is 8.47. The van der Waals surface area contributed by atoms with Gasteiger partial charge in [-0.1, -0.05) is 5.16 Å². The average molecular weight is 219 g/mol. The molecule has 2 aromatic rings. The first-order chi connectivity index (χ1) is 7.65. The van der Waals surface area contributed by atoms with Crippen molar-refractivity contribution in [1.29, 1.82) is 0 Å². The Morgan fingerprint density at radius 2 is 2.31 bits per heavy atom. The van der Waals surface area contributed by atoms with Crippen molar-refractivity contribution in [2.45, 2.75) is 6.92 Å². The monoisotopic (exact) mass is 219 g/mol. The minimum Gasteiger partial charge on any atom is -0.382 e. The molecule has 0 unspecified atom stereocenters. The van der Waals surface area contributed by atoms with Gasteiger partial charge in [0.2, 0.25) is 0 Å². The molecule has 2 heterocycles. The maximum atomic E-state index is 11.6. The fraction of sp³-hybridized carbons (Fsp3) is 0.111. The lowest BCUT2D eigenvalue weighted by molar-refractivity contribution is 0.102. The molecular weight excluding hydrogens is 210 g/mol. The van der Waals surface area contributed by atoms with E-state index in [-0.39, 0.29) is 11.5 Å². The third-order valence-electron chi connectivity index (χ3n) is 1.76. The Morgan fingerprint density at radius 3 is 2.94 bits per heavy atom. The number of nitrogens with two attached hydrogens (primary N) is 1. The summed E-state index contributed by atoms with van der Waals surface area (Å²) >= 11 is 0. The highest BCUT2D eigenvalue weighted by atomic mass is 16.5. The van der Waals surface area contributed by atoms with E-state index in [2.05, 4.69) is 20.4 Å². The topological polar surface area (TPSA) is 107 Å². The molecule has 2 aromatic heterocycles. The van der Waals surface area contributed by atoms with E-state index in [1.165, 1.54) is 12.4 Å². The average Bonchev–Trinajstić information content (AvgIpc) is 2.64. The van der Waals surface area contributed by atoms with Crippen molar-refractivity contribution in [3.8, 4) is 0 Å². The summed E-state index contributed by atoms with van der Waals surface area (Å²) in [5, 5.41) is 6.12. The van der Waals surface area contributed by atoms with Crippen LogP contribution >= 0.6 is 0 Å². The molecule has 0 aliphatic carbocycles. The van der Waals surface area contributed by atoms with Crippen molar-refractivity contribution in [1.82, 2.24) is 15.1 Å². The quantitative estimate of drug-likeness (QED) is 0.766. The number of hydrogen-bond acceptors (Lipinski definition) is 6. The zero-order valence-electron chi connectivity index (χ0n) is 8.47. The molecule has 1 amide bonds. The van der Waals surface area contributed by atoms with Gasteiger partial charge in [-0.25, -0.2) is 4.98 Å². The lowest BCUT2D eigenvalue weighted by Crippen LogP contribution is -2.14. The summed E-state index contributed by atoms with van der Waals surface area (Å²) in [5.74, 6) is 0.678. The molecule has 0 bridgehead atoms. The van der Waals surface area contributed by atoms with Crippen LogP contribution in [0.1, 0.15) is 16.2 Å². The molecule has 7 heteroatoms. The van der Waals surface area contributed by atoms with Crippen molar-refractivity contribution in [2.24, 2.45) is 0 Å². The van der Waals surface area contributed by atoms with E-state index in [1.54, 1.807) is 13.0 Å². The second kappa shape index (κ2) is 3.97. The summed E-state index contributed by atoms with van der Waals surface area (Å²) in [7, 11) is 0. The largest absolute Gasteiger partial charge is 0.382 e. The van der Waals surface area contributed by atoms with Crippen molar-refractivity contribution in [2.75, 3.05) is 11.1 Å². The van der Waals surface area contributed by atoms with Gasteiger partial charge in [0.1, 0.15) is 17.3 Å². The fourth-order valence-corrected chi connectivity index (χ4v) is 1.10. The molecule has 0 saturated carbocycles. The maximum Gasteiger partial charge on any atom is 0.277 e. The Morgan fingerprint density at radius 1 is 1.50 bits per heavy atom. The fourth-order valence-electron chi connectivity index (χ4n) is 1.10. The molecule has 0 saturated heterocycles. The van der Waals surface area contributed by atoms with Crippen molar-refractivity contribution in [3.05, 3.63) is 29.9 Å². The first-order valence-corrected chi connectivity index (χ1v) is 4.47. The van der Waals surface area contributed by atoms with Crippen LogP contribution < -0.4 is 11.1 Å². The van der Waals surface area contributed by atoms with Crippen LogP contribution in [-0.4, -0.2) is 21.0 Å². The van der Waals surface area contributed by atoms with Crippen LogP contribution in [0.25, 0.3) is 0 Å². The van der Waals surface area contributed by atoms with Crippen molar-refractivity contribution in [3.63, 3.8) is 0 Å². The first-order valence-electron chi connectivity index (χ1n) is 4.47. The smallest absolute Gasteiger partial charge is 0.277 e. The van der Waals surface area contributed by atoms with Crippen LogP contribution in [-0.2, 0) is 0 Å². The molecule has 2 rings (SSSR count). The third kappa shape index (κ3) is 2.14. The first kappa shape index (κ1) is 10.1. The molecule has 0 aromatic carbocycles. The molecule has 0 aliphatic rings. The lowest BCUT2D eigenvalue weighted by atomic mass is 10.4. The SMILES string of the molecule is Cc1cc(NC(=O)c2cncc(N)n2)no1. The highest BCUT2D eigenvalue weighted by molar-refractivity contribution is 6.02. The number of anilines is 2. The van der Waals surface area contributed by atoms with Gasteiger partial charge in [-0.05, 0) is 6.92 Å². The number of carbonyl (C=O) groups excluding carboxylic acids is 1. The number of amides is 1. The van der Waals surface area contributed by atoms with E-state index in [4.69, 9.17) is 10.3 Å². The summed E-state index contributed by atoms with van der Waals surface area (Å²) in [4.78, 5) is 19.2. The lowest BCUT2D eigenvalue weighted by Gasteiger charge is -2.00. The van der Waals surface area contributed by atoms with Gasteiger partial charge in [0.05, 0.1) is 12.4 Å². The van der Waals surface area contributed by atoms with Gasteiger partial charge in [-0.3, -0.25) is 9.78 Å². The number of nitrogens with zero attached hydrogens (tertiary/aromatic N) is 3. The maximum absolute atomic E-state index is 11.6. The molecule has 0 aliphatic heterocycles. The third-order valence-corrected chi connectivity index (χ3v) is 1.76. The van der Waals surface area contributed by atoms with E-state index >= 15 is 0 Å². The summed E-state index contributed by atoms with van der Waals surface area (Å²) in [6.45, 7) is 1.73. The second-order valence-electron chi connectivity index (χ2n) is 3.11. The molecule has 0 atom stereocenters. The van der Waals surface area contributed by atoms with E-state index in [9.17, 15) is 4.79 Å². The van der Waals surface area contributed by atoms with Crippen LogP contribution in [0.15, 0.2) is 23.0 Å². The Bertz CT molecular complexity index is 522. The Balaban J connectivity index is 2.14. The van der Waals surface area contributed by atoms with Gasteiger partial charge < -0.3 is 15.6 Å². The summed E-state index contributed by atoms with van der Waals surface area (Å²) < 4.78 is 4.80. The van der Waals surface area contributed by atoms with Crippen LogP contribution in [0, 0.1) is 6.92 Å². The zero-order chi connectivity index (χ0) is 11.5. The number of aryl methyl sites for hydroxylation is 1. The number of aromatic nitrogens is 3. The molecule has 16 heavy (non-hydrogen) atoms. The Kier molecular flexibility index (Phi) is 2.50. The standard InChI is InChI=1S/C9H9N5O2/c1-5-2-8(14-16-5)13-9(15)6-3-11-4-7(10)12-6/h2-4H,1H3,(H2,10,12)(H,13,14,15). The van der Waals surface area contributed by atoms with E-state index in [0.717, 1.165) is 0 Å². The van der Waals surface area contributed by atoms with E-state index < -0.39 is 5.91 Å². The van der Waals surface area contributed by atoms with Gasteiger partial charge in [0, 0.05) is 6.07 Å². The second-order valence-corrected chi connectivity index (χ2v) is 3.11. The number of rotatable bonds is 2. The molecular formula is C9H9N5O2. The molecule has 3 N–H and O–H groups in total. The van der Waals surface area contributed by atoms with Gasteiger partial charge in [0.25, 0.3) is 5.91 Å². The predicted molar refractivity (Wildman–Crippen MR) is 55.6 cm³/mol. The Labute approximate surface area is 90.7 Å². The Hall–Kier alpha value is -2.44. The van der Waals surface area contributed by atoms with Crippen molar-refractivity contribution >= 4 is 17.5 Å². The van der Waals surface area contributed by atoms with Crippen LogP contribution in [0.4, 0.5) is 11.6 Å². The number of hydrogen-bond donors (Lipinski definition) is 2. The molecule has 0 spiro atoms. The van der Waals surface area contributed by atoms with Crippen molar-refractivity contribution < 1.29 is 9.32 Å². The van der Waals surface area contributed by atoms with Gasteiger partial charge in [-0.2, -0.15) is 0 Å². The van der Waals surface area contributed by atoms with Crippen LogP contribution in [0.2, 0.25) is 0 Å². The minimum absolute atomic E-state index is 0.126. The normalized spacial score (nSPS) is 10.1. The molecule has 0 radical (unpaired) electrons. The number of nitrogens with one attached hydrogen (secondary N) is 1. The minimum atomic E-state index is -0.437. The summed E-state index contributed by atoms with van der Waals surface area (Å²) in [5.41, 5.74) is 5.53. The number of carbonyl (C=O) groups is 1. The summed E-state index contributed by atoms with van der Waals surface area (Å²) in [6.07, 6.45) is 2.68. The van der Waals surface area contributed by atoms with Crippen LogP contribution in [0.5, 0.6) is 0 Å². The van der Waals surface area contributed by atoms with E-state index in [1.807, 2.05) is 0 Å².